The number of fused-ring (bicyclic) bond motifs is 1. The summed E-state index contributed by atoms with van der Waals surface area (Å²) in [5, 5.41) is 8.93. The van der Waals surface area contributed by atoms with Gasteiger partial charge in [-0.3, -0.25) is 4.79 Å². The summed E-state index contributed by atoms with van der Waals surface area (Å²) in [5.74, 6) is -0.248. The Morgan fingerprint density at radius 1 is 1.29 bits per heavy atom. The Morgan fingerprint density at radius 2 is 1.96 bits per heavy atom. The number of alkyl halides is 1. The maximum atomic E-state index is 13.0. The highest BCUT2D eigenvalue weighted by Gasteiger charge is 2.39. The van der Waals surface area contributed by atoms with Crippen molar-refractivity contribution in [2.24, 2.45) is 0 Å². The van der Waals surface area contributed by atoms with E-state index in [2.05, 4.69) is 40.0 Å². The molecule has 0 saturated heterocycles. The molecule has 0 saturated carbocycles. The van der Waals surface area contributed by atoms with Gasteiger partial charge in [-0.05, 0) is 23.8 Å². The zero-order valence-corrected chi connectivity index (χ0v) is 15.8. The molecule has 4 nitrogen and oxygen atoms in total. The lowest BCUT2D eigenvalue weighted by molar-refractivity contribution is -0.116. The monoisotopic (exact) mass is 413 g/mol. The van der Waals surface area contributed by atoms with Gasteiger partial charge < -0.3 is 4.90 Å². The fraction of sp³-hybridized carbons (Fsp3) is 0.353. The van der Waals surface area contributed by atoms with Gasteiger partial charge in [-0.1, -0.05) is 41.9 Å². The molecular weight excluding hydrogens is 397 g/mol. The lowest BCUT2D eigenvalue weighted by Gasteiger charge is -2.19. The van der Waals surface area contributed by atoms with Crippen LogP contribution in [0, 0.1) is 5.82 Å². The topological polar surface area (TPSA) is 46.1 Å². The average molecular weight is 415 g/mol. The minimum Gasteiger partial charge on any atom is -0.309 e. The zero-order valence-electron chi connectivity index (χ0n) is 13.4. The highest BCUT2D eigenvalue weighted by atomic mass is 79.9. The molecule has 0 bridgehead atoms. The first-order valence-corrected chi connectivity index (χ1v) is 8.51. The average Bonchev–Trinajstić information content (AvgIpc) is 2.80. The molecule has 2 heterocycles. The van der Waals surface area contributed by atoms with Gasteiger partial charge in [0.1, 0.15) is 5.82 Å². The van der Waals surface area contributed by atoms with Gasteiger partial charge in [0.05, 0.1) is 22.4 Å². The molecule has 1 aromatic heterocycles. The molecular formula is C17H18BrClFN3O. The summed E-state index contributed by atoms with van der Waals surface area (Å²) < 4.78 is 13.0. The van der Waals surface area contributed by atoms with Gasteiger partial charge in [-0.15, -0.1) is 12.4 Å². The molecule has 1 aromatic carbocycles. The van der Waals surface area contributed by atoms with E-state index in [4.69, 9.17) is 0 Å². The van der Waals surface area contributed by atoms with Crippen molar-refractivity contribution in [2.45, 2.75) is 25.7 Å². The van der Waals surface area contributed by atoms with E-state index >= 15 is 0 Å². The lowest BCUT2D eigenvalue weighted by Crippen LogP contribution is -2.34. The molecule has 0 radical (unpaired) electrons. The van der Waals surface area contributed by atoms with Gasteiger partial charge in [0.25, 0.3) is 0 Å². The van der Waals surface area contributed by atoms with Gasteiger partial charge in [-0.2, -0.15) is 10.2 Å². The fourth-order valence-electron chi connectivity index (χ4n) is 2.86. The third-order valence-corrected chi connectivity index (χ3v) is 4.50. The second-order valence-corrected chi connectivity index (χ2v) is 6.93. The van der Waals surface area contributed by atoms with E-state index in [9.17, 15) is 9.18 Å². The molecule has 0 unspecified atom stereocenters. The number of benzene rings is 1. The lowest BCUT2D eigenvalue weighted by atomic mass is 9.91. The Labute approximate surface area is 155 Å². The second kappa shape index (κ2) is 7.15. The Hall–Kier alpha value is -1.53. The molecule has 0 atom stereocenters. The third-order valence-electron chi connectivity index (χ3n) is 4.02. The summed E-state index contributed by atoms with van der Waals surface area (Å²) in [7, 11) is 0. The molecule has 0 fully saturated rings. The maximum Gasteiger partial charge on any atom is 0.237 e. The summed E-state index contributed by atoms with van der Waals surface area (Å²) in [6.45, 7) is 4.71. The van der Waals surface area contributed by atoms with E-state index in [1.165, 1.54) is 12.1 Å². The van der Waals surface area contributed by atoms with E-state index in [0.29, 0.717) is 13.0 Å². The Bertz CT molecular complexity index is 752. The smallest absolute Gasteiger partial charge is 0.237 e. The van der Waals surface area contributed by atoms with Crippen LogP contribution in [0.1, 0.15) is 30.8 Å². The second-order valence-electron chi connectivity index (χ2n) is 6.37. The molecule has 24 heavy (non-hydrogen) atoms. The number of anilines is 1. The molecule has 1 amide bonds. The molecule has 1 aliphatic rings. The molecule has 2 aromatic rings. The highest BCUT2D eigenvalue weighted by molar-refractivity contribution is 9.09. The maximum absolute atomic E-state index is 13.0. The Balaban J connectivity index is 0.00000208. The summed E-state index contributed by atoms with van der Waals surface area (Å²) in [4.78, 5) is 13.9. The van der Waals surface area contributed by atoms with Crippen LogP contribution in [0.2, 0.25) is 0 Å². The molecule has 3 rings (SSSR count). The number of hydrogen-bond donors (Lipinski definition) is 0. The van der Waals surface area contributed by atoms with Crippen LogP contribution in [-0.4, -0.2) is 28.0 Å². The van der Waals surface area contributed by atoms with Crippen molar-refractivity contribution in [3.8, 4) is 0 Å². The number of nitrogens with zero attached hydrogens (tertiary/aromatic N) is 3. The minimum absolute atomic E-state index is 0. The van der Waals surface area contributed by atoms with Crippen molar-refractivity contribution in [1.29, 1.82) is 0 Å². The van der Waals surface area contributed by atoms with Gasteiger partial charge in [0.15, 0.2) is 0 Å². The predicted octanol–water partition coefficient (Wildman–Crippen LogP) is 3.65. The van der Waals surface area contributed by atoms with Crippen molar-refractivity contribution >= 4 is 39.9 Å². The van der Waals surface area contributed by atoms with E-state index in [1.54, 1.807) is 17.0 Å². The van der Waals surface area contributed by atoms with Gasteiger partial charge >= 0.3 is 0 Å². The number of hydrogen-bond acceptors (Lipinski definition) is 3. The number of amides is 1. The molecule has 1 aliphatic heterocycles. The Morgan fingerprint density at radius 3 is 2.58 bits per heavy atom. The van der Waals surface area contributed by atoms with Gasteiger partial charge in [0.2, 0.25) is 5.91 Å². The van der Waals surface area contributed by atoms with Crippen molar-refractivity contribution in [1.82, 2.24) is 10.2 Å². The highest BCUT2D eigenvalue weighted by Crippen LogP contribution is 2.39. The first kappa shape index (κ1) is 18.8. The Kier molecular flexibility index (Phi) is 5.60. The van der Waals surface area contributed by atoms with E-state index in [1.807, 2.05) is 6.07 Å². The van der Waals surface area contributed by atoms with Crippen LogP contribution in [0.15, 0.2) is 30.3 Å². The van der Waals surface area contributed by atoms with Gasteiger partial charge in [-0.25, -0.2) is 4.39 Å². The van der Waals surface area contributed by atoms with Crippen LogP contribution >= 0.6 is 28.3 Å². The van der Waals surface area contributed by atoms with Crippen LogP contribution in [-0.2, 0) is 16.6 Å². The molecule has 0 N–H and O–H groups in total. The summed E-state index contributed by atoms with van der Waals surface area (Å²) in [6, 6.07) is 8.24. The van der Waals surface area contributed by atoms with E-state index in [-0.39, 0.29) is 34.9 Å². The number of carbonyl (C=O) groups excluding carboxylic acids is 1. The summed E-state index contributed by atoms with van der Waals surface area (Å²) in [6.07, 6.45) is 0.553. The van der Waals surface area contributed by atoms with Crippen LogP contribution < -0.4 is 4.90 Å². The van der Waals surface area contributed by atoms with Crippen LogP contribution in [0.25, 0.3) is 0 Å². The number of carbonyl (C=O) groups is 1. The van der Waals surface area contributed by atoms with E-state index < -0.39 is 0 Å². The number of halogens is 3. The molecule has 0 spiro atoms. The summed E-state index contributed by atoms with van der Waals surface area (Å²) >= 11 is 3.23. The summed E-state index contributed by atoms with van der Waals surface area (Å²) in [5.41, 5.74) is 3.17. The number of rotatable bonds is 3. The molecule has 128 valence electrons. The molecule has 0 aliphatic carbocycles. The SMILES string of the molecule is CC1(C)CN(C(=O)CBr)c2cc(Cc3ccc(F)cc3)nnc21.Cl. The van der Waals surface area contributed by atoms with Crippen molar-refractivity contribution in [2.75, 3.05) is 16.8 Å². The van der Waals surface area contributed by atoms with Crippen LogP contribution in [0.5, 0.6) is 0 Å². The first-order chi connectivity index (χ1) is 10.9. The molecule has 7 heteroatoms. The largest absolute Gasteiger partial charge is 0.309 e. The number of aromatic nitrogens is 2. The first-order valence-electron chi connectivity index (χ1n) is 7.38. The van der Waals surface area contributed by atoms with Crippen LogP contribution in [0.3, 0.4) is 0 Å². The van der Waals surface area contributed by atoms with Crippen LogP contribution in [0.4, 0.5) is 10.1 Å². The normalized spacial score (nSPS) is 14.9. The van der Waals surface area contributed by atoms with Crippen molar-refractivity contribution < 1.29 is 9.18 Å². The zero-order chi connectivity index (χ0) is 16.6. The standard InChI is InChI=1S/C17H17BrFN3O.ClH/c1-17(2)10-22(15(23)9-18)14-8-13(20-21-16(14)17)7-11-3-5-12(19)6-4-11;/h3-6,8H,7,9-10H2,1-2H3;1H. The van der Waals surface area contributed by atoms with Gasteiger partial charge in [0, 0.05) is 18.4 Å². The van der Waals surface area contributed by atoms with E-state index in [0.717, 1.165) is 22.6 Å². The third kappa shape index (κ3) is 3.59. The van der Waals surface area contributed by atoms with Crippen molar-refractivity contribution in [3.05, 3.63) is 53.1 Å². The van der Waals surface area contributed by atoms with Crippen molar-refractivity contribution in [3.63, 3.8) is 0 Å². The predicted molar refractivity (Wildman–Crippen MR) is 97.7 cm³/mol. The minimum atomic E-state index is -0.260. The fourth-order valence-corrected chi connectivity index (χ4v) is 3.16. The quantitative estimate of drug-likeness (QED) is 0.720.